The first-order chi connectivity index (χ1) is 13.3. The minimum atomic E-state index is -0.516. The van der Waals surface area contributed by atoms with Crippen LogP contribution in [-0.2, 0) is 0 Å². The molecule has 4 aromatic rings. The van der Waals surface area contributed by atoms with Crippen LogP contribution < -0.4 is 0 Å². The Morgan fingerprint density at radius 1 is 0.815 bits per heavy atom. The van der Waals surface area contributed by atoms with Gasteiger partial charge in [0.25, 0.3) is 0 Å². The Hall–Kier alpha value is -3.46. The summed E-state index contributed by atoms with van der Waals surface area (Å²) in [5, 5.41) is 4.61. The number of carbonyl (C=O) groups excluding carboxylic acids is 1. The number of rotatable bonds is 5. The summed E-state index contributed by atoms with van der Waals surface area (Å²) in [6.07, 6.45) is 1.83. The lowest BCUT2D eigenvalue weighted by Gasteiger charge is -2.20. The molecule has 0 N–H and O–H groups in total. The second-order valence-electron chi connectivity index (χ2n) is 6.53. The van der Waals surface area contributed by atoms with Gasteiger partial charge in [-0.2, -0.15) is 5.10 Å². The summed E-state index contributed by atoms with van der Waals surface area (Å²) in [7, 11) is 0. The third-order valence-electron chi connectivity index (χ3n) is 4.69. The molecule has 3 heteroatoms. The molecule has 0 spiro atoms. The maximum absolute atomic E-state index is 13.5. The summed E-state index contributed by atoms with van der Waals surface area (Å²) in [6, 6.07) is 28.8. The Balaban J connectivity index is 1.90. The fraction of sp³-hybridized carbons (Fsp3) is 0.0833. The zero-order chi connectivity index (χ0) is 18.6. The predicted molar refractivity (Wildman–Crippen MR) is 108 cm³/mol. The Kier molecular flexibility index (Phi) is 4.67. The highest BCUT2D eigenvalue weighted by atomic mass is 16.1. The lowest BCUT2D eigenvalue weighted by Crippen LogP contribution is -2.23. The summed E-state index contributed by atoms with van der Waals surface area (Å²) in [5.74, 6) is 0.0297. The number of aromatic nitrogens is 2. The number of carbonyl (C=O) groups is 1. The van der Waals surface area contributed by atoms with E-state index in [0.717, 1.165) is 22.4 Å². The van der Waals surface area contributed by atoms with Crippen molar-refractivity contribution in [3.05, 3.63) is 114 Å². The molecule has 1 aromatic heterocycles. The van der Waals surface area contributed by atoms with Crippen molar-refractivity contribution in [1.82, 2.24) is 9.78 Å². The molecule has 0 saturated heterocycles. The van der Waals surface area contributed by atoms with E-state index in [1.165, 1.54) is 0 Å². The Morgan fingerprint density at radius 2 is 1.37 bits per heavy atom. The van der Waals surface area contributed by atoms with Crippen molar-refractivity contribution in [2.24, 2.45) is 0 Å². The monoisotopic (exact) mass is 352 g/mol. The number of ketones is 1. The van der Waals surface area contributed by atoms with E-state index in [4.69, 9.17) is 0 Å². The van der Waals surface area contributed by atoms with E-state index in [1.807, 2.05) is 96.7 Å². The minimum absolute atomic E-state index is 0.0297. The van der Waals surface area contributed by atoms with Crippen LogP contribution in [0.25, 0.3) is 11.3 Å². The van der Waals surface area contributed by atoms with Gasteiger partial charge < -0.3 is 0 Å². The lowest BCUT2D eigenvalue weighted by atomic mass is 9.96. The van der Waals surface area contributed by atoms with E-state index >= 15 is 0 Å². The predicted octanol–water partition coefficient (Wildman–Crippen LogP) is 5.33. The van der Waals surface area contributed by atoms with Crippen LogP contribution in [0.1, 0.15) is 27.5 Å². The first kappa shape index (κ1) is 17.0. The van der Waals surface area contributed by atoms with E-state index in [1.54, 1.807) is 0 Å². The molecule has 3 nitrogen and oxygen atoms in total. The number of aryl methyl sites for hydroxylation is 1. The SMILES string of the molecule is Cc1cnn([C@@H](C(=O)c2ccccc2)c2ccccc2)c1-c1ccccc1. The molecule has 0 saturated carbocycles. The van der Waals surface area contributed by atoms with Crippen LogP contribution >= 0.6 is 0 Å². The summed E-state index contributed by atoms with van der Waals surface area (Å²) < 4.78 is 1.86. The van der Waals surface area contributed by atoms with Gasteiger partial charge in [-0.25, -0.2) is 4.68 Å². The van der Waals surface area contributed by atoms with E-state index < -0.39 is 6.04 Å². The van der Waals surface area contributed by atoms with Crippen molar-refractivity contribution in [2.45, 2.75) is 13.0 Å². The highest BCUT2D eigenvalue weighted by molar-refractivity contribution is 6.01. The lowest BCUT2D eigenvalue weighted by molar-refractivity contribution is 0.0940. The first-order valence-electron chi connectivity index (χ1n) is 8.99. The second-order valence-corrected chi connectivity index (χ2v) is 6.53. The second kappa shape index (κ2) is 7.42. The van der Waals surface area contributed by atoms with Crippen molar-refractivity contribution in [3.63, 3.8) is 0 Å². The van der Waals surface area contributed by atoms with Gasteiger partial charge in [-0.15, -0.1) is 0 Å². The van der Waals surface area contributed by atoms with Crippen molar-refractivity contribution in [1.29, 1.82) is 0 Å². The molecule has 0 aliphatic carbocycles. The van der Waals surface area contributed by atoms with Crippen LogP contribution in [0, 0.1) is 6.92 Å². The van der Waals surface area contributed by atoms with Gasteiger partial charge in [0.1, 0.15) is 6.04 Å². The summed E-state index contributed by atoms with van der Waals surface area (Å²) >= 11 is 0. The quantitative estimate of drug-likeness (QED) is 0.455. The average molecular weight is 352 g/mol. The van der Waals surface area contributed by atoms with E-state index in [-0.39, 0.29) is 5.78 Å². The van der Waals surface area contributed by atoms with Gasteiger partial charge in [-0.3, -0.25) is 4.79 Å². The Labute approximate surface area is 158 Å². The van der Waals surface area contributed by atoms with Crippen LogP contribution in [0.2, 0.25) is 0 Å². The number of benzene rings is 3. The molecule has 4 rings (SSSR count). The topological polar surface area (TPSA) is 34.9 Å². The van der Waals surface area contributed by atoms with Crippen molar-refractivity contribution >= 4 is 5.78 Å². The van der Waals surface area contributed by atoms with Gasteiger partial charge in [-0.1, -0.05) is 91.0 Å². The molecule has 0 fully saturated rings. The van der Waals surface area contributed by atoms with Gasteiger partial charge in [0, 0.05) is 11.1 Å². The van der Waals surface area contributed by atoms with Crippen LogP contribution in [0.5, 0.6) is 0 Å². The van der Waals surface area contributed by atoms with E-state index in [0.29, 0.717) is 5.56 Å². The molecular weight excluding hydrogens is 332 g/mol. The third kappa shape index (κ3) is 3.32. The zero-order valence-corrected chi connectivity index (χ0v) is 15.1. The largest absolute Gasteiger partial charge is 0.291 e. The fourth-order valence-electron chi connectivity index (χ4n) is 3.40. The van der Waals surface area contributed by atoms with Gasteiger partial charge in [-0.05, 0) is 18.1 Å². The molecule has 0 radical (unpaired) electrons. The van der Waals surface area contributed by atoms with Crippen LogP contribution in [0.4, 0.5) is 0 Å². The van der Waals surface area contributed by atoms with Gasteiger partial charge in [0.15, 0.2) is 5.78 Å². The standard InChI is InChI=1S/C24H20N2O/c1-18-17-25-26(22(18)19-11-5-2-6-12-19)23(20-13-7-3-8-14-20)24(27)21-15-9-4-10-16-21/h2-17,23H,1H3/t23-/m1/s1. The molecule has 0 aliphatic rings. The van der Waals surface area contributed by atoms with Crippen molar-refractivity contribution < 1.29 is 4.79 Å². The molecule has 1 heterocycles. The molecule has 3 aromatic carbocycles. The first-order valence-corrected chi connectivity index (χ1v) is 8.99. The van der Waals surface area contributed by atoms with E-state index in [9.17, 15) is 4.79 Å². The normalized spacial score (nSPS) is 11.9. The number of nitrogens with zero attached hydrogens (tertiary/aromatic N) is 2. The van der Waals surface area contributed by atoms with Crippen molar-refractivity contribution in [3.8, 4) is 11.3 Å². The van der Waals surface area contributed by atoms with Crippen LogP contribution in [-0.4, -0.2) is 15.6 Å². The Morgan fingerprint density at radius 3 is 2.00 bits per heavy atom. The summed E-state index contributed by atoms with van der Waals surface area (Å²) in [5.41, 5.74) is 4.66. The fourth-order valence-corrected chi connectivity index (χ4v) is 3.40. The molecule has 0 aliphatic heterocycles. The molecule has 0 amide bonds. The zero-order valence-electron chi connectivity index (χ0n) is 15.1. The maximum atomic E-state index is 13.5. The summed E-state index contributed by atoms with van der Waals surface area (Å²) in [4.78, 5) is 13.5. The van der Waals surface area contributed by atoms with Gasteiger partial charge >= 0.3 is 0 Å². The smallest absolute Gasteiger partial charge is 0.191 e. The average Bonchev–Trinajstić information content (AvgIpc) is 3.11. The maximum Gasteiger partial charge on any atom is 0.191 e. The number of hydrogen-bond donors (Lipinski definition) is 0. The molecule has 1 atom stereocenters. The molecule has 0 unspecified atom stereocenters. The molecule has 27 heavy (non-hydrogen) atoms. The van der Waals surface area contributed by atoms with Crippen LogP contribution in [0.15, 0.2) is 97.2 Å². The Bertz CT molecular complexity index is 1040. The molecular formula is C24H20N2O. The van der Waals surface area contributed by atoms with Crippen LogP contribution in [0.3, 0.4) is 0 Å². The summed E-state index contributed by atoms with van der Waals surface area (Å²) in [6.45, 7) is 2.03. The highest BCUT2D eigenvalue weighted by Crippen LogP contribution is 2.31. The number of hydrogen-bond acceptors (Lipinski definition) is 2. The van der Waals surface area contributed by atoms with Gasteiger partial charge in [0.05, 0.1) is 11.9 Å². The minimum Gasteiger partial charge on any atom is -0.291 e. The highest BCUT2D eigenvalue weighted by Gasteiger charge is 2.27. The number of Topliss-reactive ketones (excluding diaryl/α,β-unsaturated/α-hetero) is 1. The van der Waals surface area contributed by atoms with E-state index in [2.05, 4.69) is 17.2 Å². The van der Waals surface area contributed by atoms with Crippen molar-refractivity contribution in [2.75, 3.05) is 0 Å². The molecule has 0 bridgehead atoms. The third-order valence-corrected chi connectivity index (χ3v) is 4.69. The van der Waals surface area contributed by atoms with Gasteiger partial charge in [0.2, 0.25) is 0 Å². The molecule has 132 valence electrons.